The summed E-state index contributed by atoms with van der Waals surface area (Å²) in [6.07, 6.45) is 5.85. The second-order valence-corrected chi connectivity index (χ2v) is 9.32. The highest BCUT2D eigenvalue weighted by Gasteiger charge is 2.36. The zero-order valence-electron chi connectivity index (χ0n) is 19.0. The predicted molar refractivity (Wildman–Crippen MR) is 138 cm³/mol. The van der Waals surface area contributed by atoms with E-state index in [1.807, 2.05) is 6.92 Å². The molecule has 1 aliphatic rings. The van der Waals surface area contributed by atoms with E-state index in [0.29, 0.717) is 44.9 Å². The number of benzene rings is 2. The third-order valence-electron chi connectivity index (χ3n) is 5.08. The Morgan fingerprint density at radius 3 is 2.24 bits per heavy atom. The molecule has 2 aromatic rings. The highest BCUT2D eigenvalue weighted by molar-refractivity contribution is 9.11. The highest BCUT2D eigenvalue weighted by atomic mass is 79.9. The molecule has 0 atom stereocenters. The molecule has 1 heterocycles. The monoisotopic (exact) mass is 592 g/mol. The molecule has 0 aromatic heterocycles. The molecule has 1 N–H and O–H groups in total. The van der Waals surface area contributed by atoms with Gasteiger partial charge in [0.25, 0.3) is 11.8 Å². The lowest BCUT2D eigenvalue weighted by molar-refractivity contribution is -0.122. The lowest BCUT2D eigenvalue weighted by atomic mass is 10.1. The van der Waals surface area contributed by atoms with Crippen LogP contribution in [-0.2, 0) is 9.59 Å². The zero-order chi connectivity index (χ0) is 24.7. The van der Waals surface area contributed by atoms with Crippen molar-refractivity contribution < 1.29 is 23.9 Å². The van der Waals surface area contributed by atoms with Crippen LogP contribution in [0.4, 0.5) is 10.5 Å². The SMILES string of the molecule is CCCCCCOc1c(Br)cc(/C=C2\C(=O)NC(=O)N(c3ccc(OCC)cc3)C2=O)cc1Br. The van der Waals surface area contributed by atoms with Crippen molar-refractivity contribution >= 4 is 61.5 Å². The van der Waals surface area contributed by atoms with Gasteiger partial charge in [-0.3, -0.25) is 14.9 Å². The first-order chi connectivity index (χ1) is 16.3. The van der Waals surface area contributed by atoms with Gasteiger partial charge in [-0.25, -0.2) is 9.69 Å². The lowest BCUT2D eigenvalue weighted by Gasteiger charge is -2.26. The number of ether oxygens (including phenoxy) is 2. The van der Waals surface area contributed by atoms with Crippen LogP contribution in [0.2, 0.25) is 0 Å². The molecule has 1 saturated heterocycles. The summed E-state index contributed by atoms with van der Waals surface area (Å²) in [5.41, 5.74) is 0.774. The van der Waals surface area contributed by atoms with Crippen molar-refractivity contribution in [2.24, 2.45) is 0 Å². The first kappa shape index (κ1) is 26.0. The summed E-state index contributed by atoms with van der Waals surface area (Å²) in [7, 11) is 0. The van der Waals surface area contributed by atoms with Gasteiger partial charge in [0.2, 0.25) is 0 Å². The van der Waals surface area contributed by atoms with E-state index >= 15 is 0 Å². The smallest absolute Gasteiger partial charge is 0.335 e. The zero-order valence-corrected chi connectivity index (χ0v) is 22.2. The Kier molecular flexibility index (Phi) is 9.29. The van der Waals surface area contributed by atoms with Crippen LogP contribution in [0.1, 0.15) is 45.1 Å². The van der Waals surface area contributed by atoms with Gasteiger partial charge in [-0.15, -0.1) is 0 Å². The van der Waals surface area contributed by atoms with E-state index in [4.69, 9.17) is 9.47 Å². The van der Waals surface area contributed by atoms with Crippen molar-refractivity contribution in [3.63, 3.8) is 0 Å². The van der Waals surface area contributed by atoms with Gasteiger partial charge in [0.1, 0.15) is 17.1 Å². The number of barbiturate groups is 1. The molecule has 0 spiro atoms. The van der Waals surface area contributed by atoms with Gasteiger partial charge in [-0.05, 0) is 93.2 Å². The molecule has 0 unspecified atom stereocenters. The summed E-state index contributed by atoms with van der Waals surface area (Å²) in [6.45, 7) is 5.11. The van der Waals surface area contributed by atoms with Gasteiger partial charge >= 0.3 is 6.03 Å². The van der Waals surface area contributed by atoms with Crippen LogP contribution < -0.4 is 19.7 Å². The van der Waals surface area contributed by atoms with Crippen LogP contribution in [0.3, 0.4) is 0 Å². The third-order valence-corrected chi connectivity index (χ3v) is 6.26. The maximum atomic E-state index is 13.1. The number of nitrogens with one attached hydrogen (secondary N) is 1. The number of halogens is 2. The number of unbranched alkanes of at least 4 members (excludes halogenated alkanes) is 3. The molecule has 4 amide bonds. The van der Waals surface area contributed by atoms with Crippen molar-refractivity contribution in [3.05, 3.63) is 56.5 Å². The molecule has 34 heavy (non-hydrogen) atoms. The molecule has 1 aliphatic heterocycles. The minimum Gasteiger partial charge on any atom is -0.494 e. The molecule has 2 aromatic carbocycles. The number of urea groups is 1. The fraction of sp³-hybridized carbons (Fsp3) is 0.320. The Bertz CT molecular complexity index is 1080. The molecule has 0 bridgehead atoms. The standard InChI is InChI=1S/C25H26Br2N2O5/c1-3-5-6-7-12-34-22-20(26)14-16(15-21(22)27)13-19-23(30)28-25(32)29(24(19)31)17-8-10-18(11-9-17)33-4-2/h8-11,13-15H,3-7,12H2,1-2H3,(H,28,30,32)/b19-13+. The summed E-state index contributed by atoms with van der Waals surface area (Å²) in [4.78, 5) is 39.0. The van der Waals surface area contributed by atoms with Crippen molar-refractivity contribution in [1.29, 1.82) is 0 Å². The summed E-state index contributed by atoms with van der Waals surface area (Å²) in [6, 6.07) is 9.23. The fourth-order valence-electron chi connectivity index (χ4n) is 3.42. The van der Waals surface area contributed by atoms with Crippen molar-refractivity contribution in [2.45, 2.75) is 39.5 Å². The second-order valence-electron chi connectivity index (χ2n) is 7.61. The van der Waals surface area contributed by atoms with Crippen LogP contribution in [0, 0.1) is 0 Å². The van der Waals surface area contributed by atoms with E-state index in [9.17, 15) is 14.4 Å². The second kappa shape index (κ2) is 12.2. The quantitative estimate of drug-likeness (QED) is 0.200. The Labute approximate surface area is 215 Å². The number of carbonyl (C=O) groups is 3. The van der Waals surface area contributed by atoms with E-state index < -0.39 is 17.8 Å². The number of carbonyl (C=O) groups excluding carboxylic acids is 3. The van der Waals surface area contributed by atoms with Crippen LogP contribution >= 0.6 is 31.9 Å². The highest BCUT2D eigenvalue weighted by Crippen LogP contribution is 2.36. The van der Waals surface area contributed by atoms with E-state index in [0.717, 1.165) is 24.2 Å². The van der Waals surface area contributed by atoms with Gasteiger partial charge in [-0.1, -0.05) is 26.2 Å². The Morgan fingerprint density at radius 2 is 1.62 bits per heavy atom. The Balaban J connectivity index is 1.82. The largest absolute Gasteiger partial charge is 0.494 e. The summed E-state index contributed by atoms with van der Waals surface area (Å²) in [5, 5.41) is 2.23. The summed E-state index contributed by atoms with van der Waals surface area (Å²) in [5.74, 6) is -0.184. The first-order valence-electron chi connectivity index (χ1n) is 11.1. The van der Waals surface area contributed by atoms with Crippen molar-refractivity contribution in [1.82, 2.24) is 5.32 Å². The molecule has 3 rings (SSSR count). The molecule has 0 radical (unpaired) electrons. The lowest BCUT2D eigenvalue weighted by Crippen LogP contribution is -2.54. The molecule has 1 fully saturated rings. The summed E-state index contributed by atoms with van der Waals surface area (Å²) >= 11 is 7.01. The normalized spacial score (nSPS) is 15.0. The fourth-order valence-corrected chi connectivity index (χ4v) is 4.87. The average molecular weight is 594 g/mol. The maximum absolute atomic E-state index is 13.1. The molecule has 0 saturated carbocycles. The first-order valence-corrected chi connectivity index (χ1v) is 12.7. The number of rotatable bonds is 10. The van der Waals surface area contributed by atoms with Gasteiger partial charge in [0, 0.05) is 0 Å². The average Bonchev–Trinajstić information content (AvgIpc) is 2.79. The topological polar surface area (TPSA) is 84.9 Å². The number of anilines is 1. The van der Waals surface area contributed by atoms with Crippen LogP contribution in [-0.4, -0.2) is 31.1 Å². The van der Waals surface area contributed by atoms with Gasteiger partial charge in [0.05, 0.1) is 27.8 Å². The molecule has 0 aliphatic carbocycles. The number of imide groups is 2. The van der Waals surface area contributed by atoms with Crippen LogP contribution in [0.5, 0.6) is 11.5 Å². The molecule has 9 heteroatoms. The molecule has 7 nitrogen and oxygen atoms in total. The van der Waals surface area contributed by atoms with E-state index in [-0.39, 0.29) is 5.57 Å². The van der Waals surface area contributed by atoms with Crippen molar-refractivity contribution in [2.75, 3.05) is 18.1 Å². The van der Waals surface area contributed by atoms with E-state index in [2.05, 4.69) is 44.1 Å². The van der Waals surface area contributed by atoms with Crippen molar-refractivity contribution in [3.8, 4) is 11.5 Å². The third kappa shape index (κ3) is 6.27. The minimum atomic E-state index is -0.800. The summed E-state index contributed by atoms with van der Waals surface area (Å²) < 4.78 is 12.7. The molecule has 180 valence electrons. The van der Waals surface area contributed by atoms with Crippen LogP contribution in [0.15, 0.2) is 50.9 Å². The van der Waals surface area contributed by atoms with Crippen LogP contribution in [0.25, 0.3) is 6.08 Å². The minimum absolute atomic E-state index is 0.152. The Morgan fingerprint density at radius 1 is 0.941 bits per heavy atom. The van der Waals surface area contributed by atoms with Gasteiger partial charge in [-0.2, -0.15) is 0 Å². The van der Waals surface area contributed by atoms with E-state index in [1.165, 1.54) is 12.5 Å². The number of hydrogen-bond donors (Lipinski definition) is 1. The molecular formula is C25H26Br2N2O5. The number of hydrogen-bond acceptors (Lipinski definition) is 5. The Hall–Kier alpha value is -2.65. The number of nitrogens with zero attached hydrogens (tertiary/aromatic N) is 1. The number of amides is 4. The van der Waals surface area contributed by atoms with E-state index in [1.54, 1.807) is 36.4 Å². The predicted octanol–water partition coefficient (Wildman–Crippen LogP) is 6.24. The van der Waals surface area contributed by atoms with Gasteiger partial charge in [0.15, 0.2) is 0 Å². The van der Waals surface area contributed by atoms with Gasteiger partial charge < -0.3 is 9.47 Å². The maximum Gasteiger partial charge on any atom is 0.335 e. The molecular weight excluding hydrogens is 568 g/mol.